The average Bonchev–Trinajstić information content (AvgIpc) is 3.58. The van der Waals surface area contributed by atoms with Crippen LogP contribution >= 0.6 is 11.3 Å². The van der Waals surface area contributed by atoms with Crippen molar-refractivity contribution in [1.82, 2.24) is 15.3 Å². The van der Waals surface area contributed by atoms with Crippen molar-refractivity contribution in [3.63, 3.8) is 0 Å². The van der Waals surface area contributed by atoms with Gasteiger partial charge in [-0.1, -0.05) is 12.1 Å². The van der Waals surface area contributed by atoms with E-state index in [1.165, 1.54) is 0 Å². The van der Waals surface area contributed by atoms with Gasteiger partial charge in [-0.25, -0.2) is 4.98 Å². The number of aromatic nitrogens is 2. The maximum Gasteiger partial charge on any atom is 0.161 e. The number of benzene rings is 2. The number of hydrogen-bond donors (Lipinski definition) is 3. The Balaban J connectivity index is 1.29. The second kappa shape index (κ2) is 10.9. The summed E-state index contributed by atoms with van der Waals surface area (Å²) in [6.07, 6.45) is 1.17. The molecular weight excluding hydrogens is 462 g/mol. The fourth-order valence-electron chi connectivity index (χ4n) is 3.69. The second-order valence-corrected chi connectivity index (χ2v) is 9.64. The van der Waals surface area contributed by atoms with Gasteiger partial charge in [-0.05, 0) is 67.3 Å². The first-order valence-corrected chi connectivity index (χ1v) is 12.3. The molecule has 0 saturated heterocycles. The largest absolute Gasteiger partial charge is 0.493 e. The predicted octanol–water partition coefficient (Wildman–Crippen LogP) is 5.09. The highest BCUT2D eigenvalue weighted by molar-refractivity contribution is 7.13. The fourth-order valence-corrected chi connectivity index (χ4v) is 4.38. The predicted molar refractivity (Wildman–Crippen MR) is 139 cm³/mol. The summed E-state index contributed by atoms with van der Waals surface area (Å²) >= 11 is 1.67. The topological polar surface area (TPSA) is 88.6 Å². The van der Waals surface area contributed by atoms with Gasteiger partial charge in [0.25, 0.3) is 0 Å². The van der Waals surface area contributed by atoms with E-state index in [-0.39, 0.29) is 12.1 Å². The molecule has 2 heterocycles. The number of aromatic amines is 1. The zero-order valence-corrected chi connectivity index (χ0v) is 21.2. The third-order valence-corrected chi connectivity index (χ3v) is 6.72. The highest BCUT2D eigenvalue weighted by Gasteiger charge is 2.23. The minimum Gasteiger partial charge on any atom is -0.493 e. The van der Waals surface area contributed by atoms with E-state index in [4.69, 9.17) is 14.2 Å². The number of methoxy groups -OCH3 is 2. The first kappa shape index (κ1) is 24.8. The number of nitrogens with zero attached hydrogens (tertiary/aromatic N) is 1. The maximum atomic E-state index is 10.5. The number of thiophene rings is 1. The van der Waals surface area contributed by atoms with Crippen LogP contribution in [0.2, 0.25) is 0 Å². The smallest absolute Gasteiger partial charge is 0.161 e. The van der Waals surface area contributed by atoms with Crippen molar-refractivity contribution in [2.75, 3.05) is 27.4 Å². The second-order valence-electron chi connectivity index (χ2n) is 8.69. The van der Waals surface area contributed by atoms with E-state index in [9.17, 15) is 5.11 Å². The molecule has 0 aliphatic carbocycles. The molecule has 0 spiro atoms. The van der Waals surface area contributed by atoms with Gasteiger partial charge < -0.3 is 29.6 Å². The van der Waals surface area contributed by atoms with Crippen LogP contribution in [0.1, 0.15) is 19.4 Å². The molecule has 184 valence electrons. The molecule has 0 aliphatic rings. The fraction of sp³-hybridized carbons (Fsp3) is 0.296. The van der Waals surface area contributed by atoms with Crippen LogP contribution in [0.3, 0.4) is 0 Å². The maximum absolute atomic E-state index is 10.5. The normalized spacial score (nSPS) is 12.4. The number of imidazole rings is 1. The van der Waals surface area contributed by atoms with Crippen LogP contribution in [0.5, 0.6) is 17.2 Å². The zero-order valence-electron chi connectivity index (χ0n) is 20.4. The molecule has 2 aromatic heterocycles. The van der Waals surface area contributed by atoms with E-state index in [0.717, 1.165) is 27.5 Å². The summed E-state index contributed by atoms with van der Waals surface area (Å²) in [5.41, 5.74) is 2.62. The van der Waals surface area contributed by atoms with Crippen molar-refractivity contribution < 1.29 is 19.3 Å². The first-order valence-electron chi connectivity index (χ1n) is 11.4. The van der Waals surface area contributed by atoms with Crippen molar-refractivity contribution in [1.29, 1.82) is 0 Å². The Labute approximate surface area is 209 Å². The van der Waals surface area contributed by atoms with Crippen LogP contribution in [0.15, 0.2) is 66.2 Å². The van der Waals surface area contributed by atoms with Crippen molar-refractivity contribution in [3.8, 4) is 39.2 Å². The minimum absolute atomic E-state index is 0.178. The first-order chi connectivity index (χ1) is 16.9. The number of aliphatic hydroxyl groups is 1. The molecule has 2 aromatic carbocycles. The summed E-state index contributed by atoms with van der Waals surface area (Å²) in [6.45, 7) is 4.66. The minimum atomic E-state index is -0.674. The van der Waals surface area contributed by atoms with Crippen LogP contribution < -0.4 is 19.5 Å². The molecule has 0 amide bonds. The lowest BCUT2D eigenvalue weighted by atomic mass is 9.93. The Morgan fingerprint density at radius 1 is 1.06 bits per heavy atom. The van der Waals surface area contributed by atoms with E-state index in [2.05, 4.69) is 35.2 Å². The van der Waals surface area contributed by atoms with Gasteiger partial charge in [-0.3, -0.25) is 0 Å². The Hall–Kier alpha value is -3.33. The highest BCUT2D eigenvalue weighted by Crippen LogP contribution is 2.32. The van der Waals surface area contributed by atoms with Gasteiger partial charge in [0.15, 0.2) is 11.5 Å². The number of rotatable bonds is 11. The van der Waals surface area contributed by atoms with Crippen molar-refractivity contribution in [2.45, 2.75) is 25.5 Å². The third kappa shape index (κ3) is 6.03. The van der Waals surface area contributed by atoms with Gasteiger partial charge >= 0.3 is 0 Å². The summed E-state index contributed by atoms with van der Waals surface area (Å²) in [5.74, 6) is 2.85. The molecule has 1 atom stereocenters. The summed E-state index contributed by atoms with van der Waals surface area (Å²) in [6, 6.07) is 17.6. The summed E-state index contributed by atoms with van der Waals surface area (Å²) in [4.78, 5) is 8.99. The van der Waals surface area contributed by atoms with Gasteiger partial charge in [0.2, 0.25) is 0 Å². The van der Waals surface area contributed by atoms with Crippen LogP contribution in [-0.2, 0) is 5.54 Å². The standard InChI is InChI=1S/C27H31N3O4S/c1-27(2,19-9-12-23(32-3)24(14-19)33-4)29-15-20(31)17-34-21-10-7-18(8-11-21)26-28-16-22(30-26)25-6-5-13-35-25/h5-14,16,20,29,31H,15,17H2,1-4H3,(H,28,30). The molecule has 1 unspecified atom stereocenters. The number of hydrogen-bond acceptors (Lipinski definition) is 7. The Bertz CT molecular complexity index is 1220. The number of ether oxygens (including phenoxy) is 3. The van der Waals surface area contributed by atoms with Gasteiger partial charge in [0.1, 0.15) is 24.3 Å². The number of aliphatic hydroxyl groups excluding tert-OH is 1. The van der Waals surface area contributed by atoms with E-state index in [1.807, 2.05) is 60.1 Å². The van der Waals surface area contributed by atoms with Gasteiger partial charge in [0.05, 0.1) is 31.0 Å². The third-order valence-electron chi connectivity index (χ3n) is 5.82. The quantitative estimate of drug-likeness (QED) is 0.270. The van der Waals surface area contributed by atoms with Crippen molar-refractivity contribution in [2.24, 2.45) is 0 Å². The van der Waals surface area contributed by atoms with E-state index < -0.39 is 6.10 Å². The molecule has 0 saturated carbocycles. The molecule has 0 bridgehead atoms. The average molecular weight is 494 g/mol. The molecular formula is C27H31N3O4S. The SMILES string of the molecule is COc1ccc(C(C)(C)NCC(O)COc2ccc(-c3ncc(-c4cccs4)[nH]3)cc2)cc1OC. The van der Waals surface area contributed by atoms with Crippen LogP contribution in [0.25, 0.3) is 22.0 Å². The monoisotopic (exact) mass is 493 g/mol. The van der Waals surface area contributed by atoms with E-state index >= 15 is 0 Å². The lowest BCUT2D eigenvalue weighted by Gasteiger charge is -2.29. The molecule has 0 fully saturated rings. The summed E-state index contributed by atoms with van der Waals surface area (Å²) in [7, 11) is 3.23. The van der Waals surface area contributed by atoms with Crippen LogP contribution in [0, 0.1) is 0 Å². The summed E-state index contributed by atoms with van der Waals surface area (Å²) < 4.78 is 16.5. The van der Waals surface area contributed by atoms with Crippen molar-refractivity contribution >= 4 is 11.3 Å². The van der Waals surface area contributed by atoms with E-state index in [0.29, 0.717) is 23.8 Å². The zero-order chi connectivity index (χ0) is 24.8. The van der Waals surface area contributed by atoms with Gasteiger partial charge in [-0.2, -0.15) is 0 Å². The number of H-pyrrole nitrogens is 1. The molecule has 35 heavy (non-hydrogen) atoms. The molecule has 3 N–H and O–H groups in total. The van der Waals surface area contributed by atoms with Gasteiger partial charge in [0, 0.05) is 17.6 Å². The number of nitrogens with one attached hydrogen (secondary N) is 2. The van der Waals surface area contributed by atoms with Crippen LogP contribution in [-0.4, -0.2) is 48.5 Å². The highest BCUT2D eigenvalue weighted by atomic mass is 32.1. The van der Waals surface area contributed by atoms with Gasteiger partial charge in [-0.15, -0.1) is 11.3 Å². The molecule has 0 aliphatic heterocycles. The Kier molecular flexibility index (Phi) is 7.75. The molecule has 4 rings (SSSR count). The van der Waals surface area contributed by atoms with Crippen LogP contribution in [0.4, 0.5) is 0 Å². The lowest BCUT2D eigenvalue weighted by molar-refractivity contribution is 0.0987. The Morgan fingerprint density at radius 3 is 2.51 bits per heavy atom. The molecule has 8 heteroatoms. The molecule has 0 radical (unpaired) electrons. The molecule has 7 nitrogen and oxygen atoms in total. The lowest BCUT2D eigenvalue weighted by Crippen LogP contribution is -2.42. The van der Waals surface area contributed by atoms with Crippen molar-refractivity contribution in [3.05, 3.63) is 71.7 Å². The van der Waals surface area contributed by atoms with E-state index in [1.54, 1.807) is 25.6 Å². The summed E-state index contributed by atoms with van der Waals surface area (Å²) in [5, 5.41) is 15.9. The molecule has 4 aromatic rings. The Morgan fingerprint density at radius 2 is 1.83 bits per heavy atom.